The summed E-state index contributed by atoms with van der Waals surface area (Å²) in [5, 5.41) is 0. The molecule has 0 rings (SSSR count). The Morgan fingerprint density at radius 1 is 1.89 bits per heavy atom. The van der Waals surface area contributed by atoms with Gasteiger partial charge in [0, 0.05) is 0 Å². The number of hydrogen-bond donors (Lipinski definition) is 1. The highest BCUT2D eigenvalue weighted by molar-refractivity contribution is 5.83. The quantitative estimate of drug-likeness (QED) is 0.382. The standard InChI is InChI=1S/C6H9NO2/c1-4-6(2,7)5(8)9-3/h1H,7H2,2-3H3. The Balaban J connectivity index is 4.19. The second kappa shape index (κ2) is 2.51. The van der Waals surface area contributed by atoms with Gasteiger partial charge in [0.05, 0.1) is 7.11 Å². The van der Waals surface area contributed by atoms with Gasteiger partial charge in [0.15, 0.2) is 5.54 Å². The van der Waals surface area contributed by atoms with Crippen LogP contribution in [-0.2, 0) is 9.53 Å². The molecule has 0 amide bonds. The fraction of sp³-hybridized carbons (Fsp3) is 0.500. The van der Waals surface area contributed by atoms with E-state index in [2.05, 4.69) is 10.7 Å². The molecule has 0 aromatic heterocycles. The summed E-state index contributed by atoms with van der Waals surface area (Å²) in [7, 11) is 1.24. The maximum absolute atomic E-state index is 10.6. The smallest absolute Gasteiger partial charge is 0.338 e. The van der Waals surface area contributed by atoms with E-state index in [-0.39, 0.29) is 0 Å². The largest absolute Gasteiger partial charge is 0.467 e. The van der Waals surface area contributed by atoms with E-state index in [1.165, 1.54) is 14.0 Å². The van der Waals surface area contributed by atoms with E-state index in [0.717, 1.165) is 0 Å². The molecule has 0 aliphatic carbocycles. The van der Waals surface area contributed by atoms with Gasteiger partial charge in [0.25, 0.3) is 0 Å². The molecule has 9 heavy (non-hydrogen) atoms. The van der Waals surface area contributed by atoms with Crippen LogP contribution in [0, 0.1) is 12.3 Å². The Labute approximate surface area is 54.2 Å². The average Bonchev–Trinajstić information content (AvgIpc) is 1.86. The molecule has 0 saturated heterocycles. The van der Waals surface area contributed by atoms with Crippen molar-refractivity contribution in [1.82, 2.24) is 0 Å². The molecule has 0 aliphatic rings. The van der Waals surface area contributed by atoms with Crippen LogP contribution in [-0.4, -0.2) is 18.6 Å². The molecule has 0 bridgehead atoms. The number of nitrogens with two attached hydrogens (primary N) is 1. The van der Waals surface area contributed by atoms with Crippen molar-refractivity contribution in [2.75, 3.05) is 7.11 Å². The van der Waals surface area contributed by atoms with Crippen LogP contribution in [0.3, 0.4) is 0 Å². The first-order valence-electron chi connectivity index (χ1n) is 2.39. The molecule has 0 aromatic rings. The molecular weight excluding hydrogens is 118 g/mol. The van der Waals surface area contributed by atoms with E-state index in [4.69, 9.17) is 12.2 Å². The molecule has 3 nitrogen and oxygen atoms in total. The van der Waals surface area contributed by atoms with Crippen LogP contribution in [0.1, 0.15) is 6.92 Å². The second-order valence-corrected chi connectivity index (χ2v) is 1.84. The van der Waals surface area contributed by atoms with Gasteiger partial charge in [0.1, 0.15) is 0 Å². The van der Waals surface area contributed by atoms with E-state index >= 15 is 0 Å². The van der Waals surface area contributed by atoms with Gasteiger partial charge >= 0.3 is 5.97 Å². The molecule has 1 unspecified atom stereocenters. The van der Waals surface area contributed by atoms with Crippen molar-refractivity contribution in [3.8, 4) is 12.3 Å². The first-order valence-corrected chi connectivity index (χ1v) is 2.39. The van der Waals surface area contributed by atoms with E-state index < -0.39 is 11.5 Å². The first-order chi connectivity index (χ1) is 4.04. The second-order valence-electron chi connectivity index (χ2n) is 1.84. The maximum atomic E-state index is 10.6. The van der Waals surface area contributed by atoms with Gasteiger partial charge in [-0.2, -0.15) is 0 Å². The summed E-state index contributed by atoms with van der Waals surface area (Å²) >= 11 is 0. The highest BCUT2D eigenvalue weighted by atomic mass is 16.5. The molecule has 1 atom stereocenters. The molecule has 0 radical (unpaired) electrons. The minimum Gasteiger partial charge on any atom is -0.467 e. The third kappa shape index (κ3) is 1.74. The molecule has 2 N–H and O–H groups in total. The molecule has 0 fully saturated rings. The zero-order chi connectivity index (χ0) is 7.49. The Hall–Kier alpha value is -1.01. The van der Waals surface area contributed by atoms with Crippen LogP contribution in [0.5, 0.6) is 0 Å². The van der Waals surface area contributed by atoms with Crippen molar-refractivity contribution >= 4 is 5.97 Å². The van der Waals surface area contributed by atoms with E-state index in [1.807, 2.05) is 0 Å². The molecule has 0 saturated carbocycles. The van der Waals surface area contributed by atoms with Crippen molar-refractivity contribution in [3.05, 3.63) is 0 Å². The Bertz CT molecular complexity index is 155. The third-order valence-electron chi connectivity index (χ3n) is 0.909. The summed E-state index contributed by atoms with van der Waals surface area (Å²) < 4.78 is 4.30. The summed E-state index contributed by atoms with van der Waals surface area (Å²) in [6, 6.07) is 0. The van der Waals surface area contributed by atoms with Crippen molar-refractivity contribution in [3.63, 3.8) is 0 Å². The number of carbonyl (C=O) groups excluding carboxylic acids is 1. The van der Waals surface area contributed by atoms with Crippen LogP contribution in [0.2, 0.25) is 0 Å². The lowest BCUT2D eigenvalue weighted by atomic mass is 10.1. The number of hydrogen-bond acceptors (Lipinski definition) is 3. The van der Waals surface area contributed by atoms with Crippen LogP contribution in [0.4, 0.5) is 0 Å². The maximum Gasteiger partial charge on any atom is 0.338 e. The normalized spacial score (nSPS) is 15.3. The highest BCUT2D eigenvalue weighted by Crippen LogP contribution is 1.97. The van der Waals surface area contributed by atoms with Crippen LogP contribution < -0.4 is 5.73 Å². The van der Waals surface area contributed by atoms with Crippen LogP contribution in [0.15, 0.2) is 0 Å². The lowest BCUT2D eigenvalue weighted by Gasteiger charge is -2.12. The Morgan fingerprint density at radius 2 is 2.33 bits per heavy atom. The number of methoxy groups -OCH3 is 1. The van der Waals surface area contributed by atoms with Crippen molar-refractivity contribution < 1.29 is 9.53 Å². The van der Waals surface area contributed by atoms with Gasteiger partial charge in [-0.25, -0.2) is 4.79 Å². The molecular formula is C6H9NO2. The van der Waals surface area contributed by atoms with E-state index in [1.54, 1.807) is 0 Å². The summed E-state index contributed by atoms with van der Waals surface area (Å²) in [5.74, 6) is 1.50. The van der Waals surface area contributed by atoms with Gasteiger partial charge in [-0.3, -0.25) is 0 Å². The number of rotatable bonds is 1. The van der Waals surface area contributed by atoms with Gasteiger partial charge < -0.3 is 10.5 Å². The topological polar surface area (TPSA) is 52.3 Å². The van der Waals surface area contributed by atoms with Crippen LogP contribution >= 0.6 is 0 Å². The SMILES string of the molecule is C#CC(C)(N)C(=O)OC. The highest BCUT2D eigenvalue weighted by Gasteiger charge is 2.25. The van der Waals surface area contributed by atoms with Crippen molar-refractivity contribution in [2.45, 2.75) is 12.5 Å². The summed E-state index contributed by atoms with van der Waals surface area (Å²) in [6.45, 7) is 1.42. The van der Waals surface area contributed by atoms with Gasteiger partial charge in [-0.1, -0.05) is 5.92 Å². The molecule has 0 spiro atoms. The lowest BCUT2D eigenvalue weighted by Crippen LogP contribution is -2.44. The molecule has 0 heterocycles. The number of terminal acetylenes is 1. The summed E-state index contributed by atoms with van der Waals surface area (Å²) in [6.07, 6.45) is 4.91. The molecule has 0 aliphatic heterocycles. The predicted molar refractivity (Wildman–Crippen MR) is 33.4 cm³/mol. The number of esters is 1. The Kier molecular flexibility index (Phi) is 2.23. The number of ether oxygens (including phenoxy) is 1. The molecule has 3 heteroatoms. The number of carbonyl (C=O) groups is 1. The first kappa shape index (κ1) is 7.99. The molecule has 50 valence electrons. The zero-order valence-electron chi connectivity index (χ0n) is 5.47. The summed E-state index contributed by atoms with van der Waals surface area (Å²) in [5.41, 5.74) is 3.98. The summed E-state index contributed by atoms with van der Waals surface area (Å²) in [4.78, 5) is 10.6. The fourth-order valence-corrected chi connectivity index (χ4v) is 0.271. The predicted octanol–water partition coefficient (Wildman–Crippen LogP) is -0.490. The van der Waals surface area contributed by atoms with Gasteiger partial charge in [-0.05, 0) is 6.92 Å². The molecule has 0 aromatic carbocycles. The zero-order valence-corrected chi connectivity index (χ0v) is 5.47. The van der Waals surface area contributed by atoms with E-state index in [9.17, 15) is 4.79 Å². The van der Waals surface area contributed by atoms with Gasteiger partial charge in [0.2, 0.25) is 0 Å². The van der Waals surface area contributed by atoms with Crippen molar-refractivity contribution in [1.29, 1.82) is 0 Å². The third-order valence-corrected chi connectivity index (χ3v) is 0.909. The Morgan fingerprint density at radius 3 is 2.44 bits per heavy atom. The van der Waals surface area contributed by atoms with Crippen LogP contribution in [0.25, 0.3) is 0 Å². The van der Waals surface area contributed by atoms with Gasteiger partial charge in [-0.15, -0.1) is 6.42 Å². The minimum atomic E-state index is -1.28. The monoisotopic (exact) mass is 127 g/mol. The lowest BCUT2D eigenvalue weighted by molar-refractivity contribution is -0.144. The average molecular weight is 127 g/mol. The fourth-order valence-electron chi connectivity index (χ4n) is 0.271. The van der Waals surface area contributed by atoms with E-state index in [0.29, 0.717) is 0 Å². The minimum absolute atomic E-state index is 0.593. The van der Waals surface area contributed by atoms with Crippen molar-refractivity contribution in [2.24, 2.45) is 5.73 Å².